The number of likely N-dealkylation sites (tertiary alicyclic amines) is 1. The summed E-state index contributed by atoms with van der Waals surface area (Å²) >= 11 is 0. The Labute approximate surface area is 98.2 Å². The van der Waals surface area contributed by atoms with Gasteiger partial charge in [-0.15, -0.1) is 0 Å². The summed E-state index contributed by atoms with van der Waals surface area (Å²) in [5.74, 6) is -1.04. The smallest absolute Gasteiger partial charge is 0.308 e. The van der Waals surface area contributed by atoms with E-state index in [1.54, 1.807) is 11.8 Å². The molecule has 6 nitrogen and oxygen atoms in total. The Morgan fingerprint density at radius 2 is 2.35 bits per heavy atom. The number of amides is 1. The maximum absolute atomic E-state index is 12.1. The van der Waals surface area contributed by atoms with Crippen molar-refractivity contribution in [3.63, 3.8) is 0 Å². The maximum atomic E-state index is 12.1. The second-order valence-electron chi connectivity index (χ2n) is 4.22. The lowest BCUT2D eigenvalue weighted by molar-refractivity contribution is -0.143. The third-order valence-electron chi connectivity index (χ3n) is 3.04. The summed E-state index contributed by atoms with van der Waals surface area (Å²) in [7, 11) is 0. The first-order chi connectivity index (χ1) is 8.09. The predicted octanol–water partition coefficient (Wildman–Crippen LogP) is 0.920. The highest BCUT2D eigenvalue weighted by atomic mass is 16.5. The van der Waals surface area contributed by atoms with Gasteiger partial charge in [0.05, 0.1) is 12.1 Å². The Hall–Kier alpha value is -1.85. The monoisotopic (exact) mass is 238 g/mol. The van der Waals surface area contributed by atoms with E-state index in [4.69, 9.17) is 9.63 Å². The lowest BCUT2D eigenvalue weighted by Crippen LogP contribution is -2.42. The fraction of sp³-hybridized carbons (Fsp3) is 0.545. The van der Waals surface area contributed by atoms with Crippen LogP contribution in [0.5, 0.6) is 0 Å². The number of carbonyl (C=O) groups excluding carboxylic acids is 1. The minimum Gasteiger partial charge on any atom is -0.481 e. The summed E-state index contributed by atoms with van der Waals surface area (Å²) in [6.45, 7) is 2.52. The van der Waals surface area contributed by atoms with E-state index in [1.165, 1.54) is 6.20 Å². The molecule has 0 spiro atoms. The van der Waals surface area contributed by atoms with Crippen LogP contribution in [0.15, 0.2) is 10.7 Å². The van der Waals surface area contributed by atoms with E-state index >= 15 is 0 Å². The third kappa shape index (κ3) is 2.30. The van der Waals surface area contributed by atoms with Crippen molar-refractivity contribution in [3.8, 4) is 0 Å². The van der Waals surface area contributed by atoms with Crippen molar-refractivity contribution in [2.24, 2.45) is 5.92 Å². The van der Waals surface area contributed by atoms with Crippen molar-refractivity contribution < 1.29 is 19.2 Å². The lowest BCUT2D eigenvalue weighted by atomic mass is 9.98. The molecule has 1 amide bonds. The molecule has 0 bridgehead atoms. The fourth-order valence-corrected chi connectivity index (χ4v) is 2.04. The number of carboxylic acids is 1. The number of carbonyl (C=O) groups is 2. The molecule has 1 aromatic heterocycles. The molecule has 1 fully saturated rings. The molecule has 2 heterocycles. The van der Waals surface area contributed by atoms with Gasteiger partial charge in [0.1, 0.15) is 11.3 Å². The van der Waals surface area contributed by atoms with Gasteiger partial charge in [-0.05, 0) is 19.8 Å². The molecule has 0 aliphatic carbocycles. The average Bonchev–Trinajstić information content (AvgIpc) is 2.74. The van der Waals surface area contributed by atoms with Crippen LogP contribution in [0.1, 0.15) is 29.0 Å². The van der Waals surface area contributed by atoms with Crippen LogP contribution < -0.4 is 0 Å². The van der Waals surface area contributed by atoms with Crippen molar-refractivity contribution in [2.75, 3.05) is 13.1 Å². The summed E-state index contributed by atoms with van der Waals surface area (Å²) in [6, 6.07) is 0. The number of piperidine rings is 1. The van der Waals surface area contributed by atoms with Crippen LogP contribution in [0, 0.1) is 12.8 Å². The molecule has 0 unspecified atom stereocenters. The van der Waals surface area contributed by atoms with E-state index in [2.05, 4.69) is 5.16 Å². The van der Waals surface area contributed by atoms with Gasteiger partial charge in [-0.25, -0.2) is 0 Å². The van der Waals surface area contributed by atoms with Crippen LogP contribution in [0.4, 0.5) is 0 Å². The van der Waals surface area contributed by atoms with Crippen LogP contribution in [0.3, 0.4) is 0 Å². The molecule has 0 radical (unpaired) electrons. The third-order valence-corrected chi connectivity index (χ3v) is 3.04. The first-order valence-corrected chi connectivity index (χ1v) is 5.53. The largest absolute Gasteiger partial charge is 0.481 e. The molecule has 1 aliphatic heterocycles. The number of rotatable bonds is 2. The van der Waals surface area contributed by atoms with E-state index in [9.17, 15) is 9.59 Å². The highest BCUT2D eigenvalue weighted by Gasteiger charge is 2.29. The standard InChI is InChI=1S/C11H14N2O4/c1-7-9(5-12-17-7)10(14)13-4-2-3-8(6-13)11(15)16/h5,8H,2-4,6H2,1H3,(H,15,16)/t8-/m1/s1. The minimum absolute atomic E-state index is 0.199. The second-order valence-corrected chi connectivity index (χ2v) is 4.22. The van der Waals surface area contributed by atoms with Gasteiger partial charge in [0.2, 0.25) is 0 Å². The summed E-state index contributed by atoms with van der Waals surface area (Å²) < 4.78 is 4.84. The van der Waals surface area contributed by atoms with Crippen molar-refractivity contribution in [1.29, 1.82) is 0 Å². The molecule has 0 aromatic carbocycles. The van der Waals surface area contributed by atoms with E-state index in [0.29, 0.717) is 30.7 Å². The molecule has 1 aromatic rings. The Morgan fingerprint density at radius 3 is 2.94 bits per heavy atom. The van der Waals surface area contributed by atoms with Crippen molar-refractivity contribution in [1.82, 2.24) is 10.1 Å². The van der Waals surface area contributed by atoms with Crippen LogP contribution in [0.25, 0.3) is 0 Å². The van der Waals surface area contributed by atoms with E-state index in [1.807, 2.05) is 0 Å². The van der Waals surface area contributed by atoms with Crippen LogP contribution in [0.2, 0.25) is 0 Å². The van der Waals surface area contributed by atoms with E-state index < -0.39 is 11.9 Å². The zero-order valence-corrected chi connectivity index (χ0v) is 9.55. The van der Waals surface area contributed by atoms with Gasteiger partial charge in [0.25, 0.3) is 5.91 Å². The number of hydrogen-bond acceptors (Lipinski definition) is 4. The number of aromatic nitrogens is 1. The highest BCUT2D eigenvalue weighted by Crippen LogP contribution is 2.19. The maximum Gasteiger partial charge on any atom is 0.308 e. The minimum atomic E-state index is -0.843. The Kier molecular flexibility index (Phi) is 3.12. The number of carboxylic acid groups (broad SMARTS) is 1. The van der Waals surface area contributed by atoms with Crippen LogP contribution >= 0.6 is 0 Å². The van der Waals surface area contributed by atoms with Crippen molar-refractivity contribution in [3.05, 3.63) is 17.5 Å². The fourth-order valence-electron chi connectivity index (χ4n) is 2.04. The molecular formula is C11H14N2O4. The molecule has 1 atom stereocenters. The molecule has 1 N–H and O–H groups in total. The first kappa shape index (κ1) is 11.6. The second kappa shape index (κ2) is 4.57. The number of aliphatic carboxylic acids is 1. The Bertz CT molecular complexity index is 440. The molecule has 1 aliphatic rings. The van der Waals surface area contributed by atoms with Crippen molar-refractivity contribution in [2.45, 2.75) is 19.8 Å². The quantitative estimate of drug-likeness (QED) is 0.828. The molecule has 92 valence electrons. The average molecular weight is 238 g/mol. The molecule has 2 rings (SSSR count). The van der Waals surface area contributed by atoms with Gasteiger partial charge >= 0.3 is 5.97 Å². The lowest BCUT2D eigenvalue weighted by Gasteiger charge is -2.30. The zero-order valence-electron chi connectivity index (χ0n) is 9.55. The molecule has 17 heavy (non-hydrogen) atoms. The predicted molar refractivity (Wildman–Crippen MR) is 57.5 cm³/mol. The van der Waals surface area contributed by atoms with Gasteiger partial charge in [-0.1, -0.05) is 5.16 Å². The summed E-state index contributed by atoms with van der Waals surface area (Å²) in [5.41, 5.74) is 0.413. The topological polar surface area (TPSA) is 83.6 Å². The summed E-state index contributed by atoms with van der Waals surface area (Å²) in [6.07, 6.45) is 2.72. The van der Waals surface area contributed by atoms with Gasteiger partial charge in [-0.2, -0.15) is 0 Å². The van der Waals surface area contributed by atoms with E-state index in [0.717, 1.165) is 0 Å². The normalized spacial score (nSPS) is 20.3. The SMILES string of the molecule is Cc1oncc1C(=O)N1CCC[C@@H](C(=O)O)C1. The van der Waals surface area contributed by atoms with Crippen LogP contribution in [-0.4, -0.2) is 40.1 Å². The van der Waals surface area contributed by atoms with Gasteiger partial charge in [0, 0.05) is 13.1 Å². The zero-order chi connectivity index (χ0) is 12.4. The van der Waals surface area contributed by atoms with Gasteiger partial charge in [-0.3, -0.25) is 9.59 Å². The van der Waals surface area contributed by atoms with Gasteiger partial charge < -0.3 is 14.5 Å². The van der Waals surface area contributed by atoms with Gasteiger partial charge in [0.15, 0.2) is 0 Å². The summed E-state index contributed by atoms with van der Waals surface area (Å²) in [5, 5.41) is 12.5. The first-order valence-electron chi connectivity index (χ1n) is 5.53. The Balaban J connectivity index is 2.10. The highest BCUT2D eigenvalue weighted by molar-refractivity contribution is 5.95. The summed E-state index contributed by atoms with van der Waals surface area (Å²) in [4.78, 5) is 24.5. The Morgan fingerprint density at radius 1 is 1.59 bits per heavy atom. The van der Waals surface area contributed by atoms with Crippen LogP contribution in [-0.2, 0) is 4.79 Å². The molecule has 6 heteroatoms. The number of hydrogen-bond donors (Lipinski definition) is 1. The van der Waals surface area contributed by atoms with Crippen molar-refractivity contribution >= 4 is 11.9 Å². The molecule has 1 saturated heterocycles. The number of nitrogens with zero attached hydrogens (tertiary/aromatic N) is 2. The molecular weight excluding hydrogens is 224 g/mol. The van der Waals surface area contributed by atoms with E-state index in [-0.39, 0.29) is 12.5 Å². The molecule has 0 saturated carbocycles. The number of aryl methyl sites for hydroxylation is 1.